The largest absolute Gasteiger partial charge is 0.493 e. The molecule has 10 heteroatoms. The number of aromatic nitrogens is 4. The molecule has 0 unspecified atom stereocenters. The van der Waals surface area contributed by atoms with Crippen LogP contribution in [0.1, 0.15) is 30.9 Å². The van der Waals surface area contributed by atoms with Crippen LogP contribution in [0.5, 0.6) is 11.5 Å². The van der Waals surface area contributed by atoms with Gasteiger partial charge in [0.2, 0.25) is 5.95 Å². The quantitative estimate of drug-likeness (QED) is 0.405. The second-order valence-electron chi connectivity index (χ2n) is 7.23. The van der Waals surface area contributed by atoms with E-state index in [4.69, 9.17) is 9.47 Å². The van der Waals surface area contributed by atoms with E-state index in [1.54, 1.807) is 17.9 Å². The van der Waals surface area contributed by atoms with Crippen LogP contribution in [0, 0.1) is 6.92 Å². The fourth-order valence-electron chi connectivity index (χ4n) is 2.93. The molecule has 170 valence electrons. The lowest BCUT2D eigenvalue weighted by Gasteiger charge is -2.15. The summed E-state index contributed by atoms with van der Waals surface area (Å²) >= 11 is 3.57. The highest BCUT2D eigenvalue weighted by Gasteiger charge is 2.14. The van der Waals surface area contributed by atoms with Gasteiger partial charge in [-0.15, -0.1) is 0 Å². The maximum Gasteiger partial charge on any atom is 0.262 e. The summed E-state index contributed by atoms with van der Waals surface area (Å²) in [5.41, 5.74) is 2.78. The van der Waals surface area contributed by atoms with Crippen LogP contribution in [0.25, 0.3) is 0 Å². The van der Waals surface area contributed by atoms with Gasteiger partial charge in [-0.2, -0.15) is 0 Å². The summed E-state index contributed by atoms with van der Waals surface area (Å²) in [7, 11) is 1.56. The number of benzene rings is 2. The molecule has 32 heavy (non-hydrogen) atoms. The molecule has 1 aromatic heterocycles. The normalized spacial score (nSPS) is 10.6. The molecule has 1 amide bonds. The molecule has 9 nitrogen and oxygen atoms in total. The van der Waals surface area contributed by atoms with E-state index in [0.717, 1.165) is 40.7 Å². The number of halogens is 1. The summed E-state index contributed by atoms with van der Waals surface area (Å²) in [5.74, 6) is 1.35. The van der Waals surface area contributed by atoms with Gasteiger partial charge in [0.15, 0.2) is 18.1 Å². The Morgan fingerprint density at radius 1 is 1.19 bits per heavy atom. The standard InChI is InChI=1S/C22H27BrN6O3/c1-4-5-10-29-22(26-27-28-29)24-13-16-11-19(31-3)20(12-18(16)23)32-14-21(30)25-17-8-6-15(2)7-9-17/h6-9,11-12H,4-5,10,13-14H2,1-3H3,(H,25,30)(H,24,26,28). The van der Waals surface area contributed by atoms with Crippen molar-refractivity contribution in [3.63, 3.8) is 0 Å². The van der Waals surface area contributed by atoms with Gasteiger partial charge in [-0.05, 0) is 53.6 Å². The number of hydrogen-bond donors (Lipinski definition) is 2. The van der Waals surface area contributed by atoms with Crippen LogP contribution in [-0.2, 0) is 17.9 Å². The molecule has 2 aromatic carbocycles. The molecular formula is C22H27BrN6O3. The van der Waals surface area contributed by atoms with Gasteiger partial charge >= 0.3 is 0 Å². The molecule has 3 aromatic rings. The van der Waals surface area contributed by atoms with Gasteiger partial charge in [-0.3, -0.25) is 4.79 Å². The van der Waals surface area contributed by atoms with Crippen molar-refractivity contribution in [3.05, 3.63) is 52.0 Å². The van der Waals surface area contributed by atoms with Crippen LogP contribution in [0.2, 0.25) is 0 Å². The maximum absolute atomic E-state index is 12.2. The third kappa shape index (κ3) is 6.43. The lowest BCUT2D eigenvalue weighted by Crippen LogP contribution is -2.20. The number of carbonyl (C=O) groups is 1. The van der Waals surface area contributed by atoms with E-state index < -0.39 is 0 Å². The number of rotatable bonds is 11. The number of ether oxygens (including phenoxy) is 2. The molecule has 0 fully saturated rings. The molecule has 0 saturated carbocycles. The van der Waals surface area contributed by atoms with Crippen LogP contribution in [-0.4, -0.2) is 39.8 Å². The highest BCUT2D eigenvalue weighted by Crippen LogP contribution is 2.34. The van der Waals surface area contributed by atoms with Crippen LogP contribution >= 0.6 is 15.9 Å². The Morgan fingerprint density at radius 2 is 1.97 bits per heavy atom. The second kappa shape index (κ2) is 11.5. The topological polar surface area (TPSA) is 103 Å². The van der Waals surface area contributed by atoms with Crippen molar-refractivity contribution in [1.82, 2.24) is 20.2 Å². The monoisotopic (exact) mass is 502 g/mol. The minimum absolute atomic E-state index is 0.138. The Balaban J connectivity index is 1.61. The third-order valence-corrected chi connectivity index (χ3v) is 5.46. The number of nitrogens with zero attached hydrogens (tertiary/aromatic N) is 4. The summed E-state index contributed by atoms with van der Waals surface area (Å²) in [6, 6.07) is 11.2. The van der Waals surface area contributed by atoms with Crippen molar-refractivity contribution >= 4 is 33.5 Å². The summed E-state index contributed by atoms with van der Waals surface area (Å²) in [6.07, 6.45) is 2.06. The van der Waals surface area contributed by atoms with Gasteiger partial charge in [0.05, 0.1) is 7.11 Å². The molecule has 0 atom stereocenters. The van der Waals surface area contributed by atoms with Crippen LogP contribution < -0.4 is 20.1 Å². The number of tetrazole rings is 1. The Kier molecular flexibility index (Phi) is 8.43. The van der Waals surface area contributed by atoms with Gasteiger partial charge in [0.1, 0.15) is 0 Å². The zero-order valence-corrected chi connectivity index (χ0v) is 20.0. The average molecular weight is 503 g/mol. The molecule has 0 radical (unpaired) electrons. The molecule has 3 rings (SSSR count). The maximum atomic E-state index is 12.2. The van der Waals surface area contributed by atoms with E-state index >= 15 is 0 Å². The summed E-state index contributed by atoms with van der Waals surface area (Å²) in [4.78, 5) is 12.2. The molecule has 0 saturated heterocycles. The van der Waals surface area contributed by atoms with E-state index in [1.807, 2.05) is 37.3 Å². The minimum atomic E-state index is -0.253. The Morgan fingerprint density at radius 3 is 2.69 bits per heavy atom. The first kappa shape index (κ1) is 23.5. The fraction of sp³-hybridized carbons (Fsp3) is 0.364. The van der Waals surface area contributed by atoms with Gasteiger partial charge in [0.25, 0.3) is 5.91 Å². The van der Waals surface area contributed by atoms with Crippen molar-refractivity contribution in [3.8, 4) is 11.5 Å². The van der Waals surface area contributed by atoms with E-state index in [0.29, 0.717) is 24.0 Å². The average Bonchev–Trinajstić information content (AvgIpc) is 3.24. The number of methoxy groups -OCH3 is 1. The van der Waals surface area contributed by atoms with Crippen molar-refractivity contribution in [2.45, 2.75) is 39.8 Å². The molecule has 1 heterocycles. The van der Waals surface area contributed by atoms with E-state index in [-0.39, 0.29) is 12.5 Å². The summed E-state index contributed by atoms with van der Waals surface area (Å²) < 4.78 is 13.7. The third-order valence-electron chi connectivity index (χ3n) is 4.72. The number of anilines is 2. The number of nitrogens with one attached hydrogen (secondary N) is 2. The van der Waals surface area contributed by atoms with Crippen LogP contribution in [0.3, 0.4) is 0 Å². The zero-order valence-electron chi connectivity index (χ0n) is 18.4. The molecule has 0 aliphatic carbocycles. The van der Waals surface area contributed by atoms with Crippen molar-refractivity contribution in [2.24, 2.45) is 0 Å². The van der Waals surface area contributed by atoms with E-state index in [1.165, 1.54) is 0 Å². The number of hydrogen-bond acceptors (Lipinski definition) is 7. The number of aryl methyl sites for hydroxylation is 2. The van der Waals surface area contributed by atoms with Crippen molar-refractivity contribution in [2.75, 3.05) is 24.4 Å². The minimum Gasteiger partial charge on any atom is -0.493 e. The SMILES string of the molecule is CCCCn1nnnc1NCc1cc(OC)c(OCC(=O)Nc2ccc(C)cc2)cc1Br. The Hall–Kier alpha value is -3.14. The molecule has 2 N–H and O–H groups in total. The Labute approximate surface area is 195 Å². The first-order valence-corrected chi connectivity index (χ1v) is 11.1. The zero-order chi connectivity index (χ0) is 22.9. The van der Waals surface area contributed by atoms with Gasteiger partial charge in [-0.25, -0.2) is 4.68 Å². The van der Waals surface area contributed by atoms with Crippen molar-refractivity contribution < 1.29 is 14.3 Å². The first-order valence-electron chi connectivity index (χ1n) is 10.4. The summed E-state index contributed by atoms with van der Waals surface area (Å²) in [5, 5.41) is 17.8. The summed E-state index contributed by atoms with van der Waals surface area (Å²) in [6.45, 7) is 5.22. The van der Waals surface area contributed by atoms with Crippen LogP contribution in [0.15, 0.2) is 40.9 Å². The lowest BCUT2D eigenvalue weighted by molar-refractivity contribution is -0.118. The number of unbranched alkanes of at least 4 members (excludes halogenated alkanes) is 1. The molecule has 0 bridgehead atoms. The molecular weight excluding hydrogens is 476 g/mol. The first-order chi connectivity index (χ1) is 15.5. The Bertz CT molecular complexity index is 1040. The molecule has 0 spiro atoms. The molecule has 0 aliphatic heterocycles. The number of amides is 1. The smallest absolute Gasteiger partial charge is 0.262 e. The lowest BCUT2D eigenvalue weighted by atomic mass is 10.2. The highest BCUT2D eigenvalue weighted by molar-refractivity contribution is 9.10. The van der Waals surface area contributed by atoms with Crippen LogP contribution in [0.4, 0.5) is 11.6 Å². The van der Waals surface area contributed by atoms with Crippen molar-refractivity contribution in [1.29, 1.82) is 0 Å². The van der Waals surface area contributed by atoms with E-state index in [9.17, 15) is 4.79 Å². The fourth-order valence-corrected chi connectivity index (χ4v) is 3.39. The van der Waals surface area contributed by atoms with E-state index in [2.05, 4.69) is 49.0 Å². The van der Waals surface area contributed by atoms with Gasteiger partial charge in [0, 0.05) is 23.2 Å². The predicted molar refractivity (Wildman–Crippen MR) is 126 cm³/mol. The number of carbonyl (C=O) groups excluding carboxylic acids is 1. The highest BCUT2D eigenvalue weighted by atomic mass is 79.9. The second-order valence-corrected chi connectivity index (χ2v) is 8.08. The van der Waals surface area contributed by atoms with Gasteiger partial charge in [-0.1, -0.05) is 52.1 Å². The predicted octanol–water partition coefficient (Wildman–Crippen LogP) is 4.18. The van der Waals surface area contributed by atoms with Gasteiger partial charge < -0.3 is 20.1 Å². The molecule has 0 aliphatic rings.